The first-order valence-electron chi connectivity index (χ1n) is 10.8. The summed E-state index contributed by atoms with van der Waals surface area (Å²) in [4.78, 5) is 28.6. The third-order valence-electron chi connectivity index (χ3n) is 5.38. The van der Waals surface area contributed by atoms with Gasteiger partial charge in [-0.2, -0.15) is 0 Å². The number of rotatable bonds is 5. The molecule has 1 aromatic carbocycles. The first-order valence-corrected chi connectivity index (χ1v) is 10.8. The number of hydrogen-bond donors (Lipinski definition) is 2. The summed E-state index contributed by atoms with van der Waals surface area (Å²) in [6.45, 7) is 5.71. The van der Waals surface area contributed by atoms with E-state index in [0.29, 0.717) is 39.1 Å². The van der Waals surface area contributed by atoms with Gasteiger partial charge in [0.1, 0.15) is 17.5 Å². The smallest absolute Gasteiger partial charge is 0.224 e. The Morgan fingerprint density at radius 1 is 1.21 bits per heavy atom. The molecule has 0 spiro atoms. The molecule has 1 aromatic heterocycles. The zero-order chi connectivity index (χ0) is 23.8. The number of morpholine rings is 1. The molecule has 7 nitrogen and oxygen atoms in total. The van der Waals surface area contributed by atoms with Gasteiger partial charge in [-0.3, -0.25) is 19.5 Å². The molecule has 180 valence electrons. The number of aromatic nitrogens is 1. The molecule has 2 aliphatic rings. The second-order valence-corrected chi connectivity index (χ2v) is 7.88. The Labute approximate surface area is 191 Å². The van der Waals surface area contributed by atoms with Gasteiger partial charge in [-0.1, -0.05) is 6.07 Å². The van der Waals surface area contributed by atoms with Crippen LogP contribution in [0.4, 0.5) is 13.2 Å². The van der Waals surface area contributed by atoms with E-state index in [1.54, 1.807) is 13.0 Å². The van der Waals surface area contributed by atoms with E-state index in [1.807, 2.05) is 0 Å². The van der Waals surface area contributed by atoms with Gasteiger partial charge in [0.2, 0.25) is 11.8 Å². The molecule has 4 rings (SSSR count). The van der Waals surface area contributed by atoms with Crippen LogP contribution < -0.4 is 10.6 Å². The van der Waals surface area contributed by atoms with Crippen molar-refractivity contribution in [3.8, 4) is 0 Å². The maximum absolute atomic E-state index is 13.6. The van der Waals surface area contributed by atoms with Crippen LogP contribution in [0.2, 0.25) is 0 Å². The number of benzene rings is 1. The van der Waals surface area contributed by atoms with Crippen LogP contribution in [0, 0.1) is 17.5 Å². The Hall–Kier alpha value is -2.98. The van der Waals surface area contributed by atoms with Crippen LogP contribution in [0.1, 0.15) is 37.6 Å². The van der Waals surface area contributed by atoms with E-state index in [-0.39, 0.29) is 24.8 Å². The number of halogens is 3. The molecule has 2 N–H and O–H groups in total. The van der Waals surface area contributed by atoms with Gasteiger partial charge in [-0.05, 0) is 30.2 Å². The third kappa shape index (κ3) is 7.54. The van der Waals surface area contributed by atoms with Crippen LogP contribution in [0.3, 0.4) is 0 Å². The Kier molecular flexibility index (Phi) is 8.79. The van der Waals surface area contributed by atoms with Gasteiger partial charge >= 0.3 is 0 Å². The molecule has 0 bridgehead atoms. The number of pyridine rings is 1. The summed E-state index contributed by atoms with van der Waals surface area (Å²) in [6.07, 6.45) is 1.64. The molecule has 0 unspecified atom stereocenters. The van der Waals surface area contributed by atoms with E-state index in [2.05, 4.69) is 20.5 Å². The topological polar surface area (TPSA) is 83.6 Å². The number of nitrogens with one attached hydrogen (secondary N) is 2. The highest BCUT2D eigenvalue weighted by atomic mass is 19.1. The van der Waals surface area contributed by atoms with Crippen LogP contribution in [-0.2, 0) is 27.3 Å². The molecule has 0 radical (unpaired) electrons. The molecule has 3 heterocycles. The highest BCUT2D eigenvalue weighted by Gasteiger charge is 2.17. The Balaban J connectivity index is 0.000000266. The van der Waals surface area contributed by atoms with Crippen molar-refractivity contribution in [1.29, 1.82) is 0 Å². The fraction of sp³-hybridized carbons (Fsp3) is 0.435. The van der Waals surface area contributed by atoms with E-state index >= 15 is 0 Å². The quantitative estimate of drug-likeness (QED) is 0.708. The predicted octanol–water partition coefficient (Wildman–Crippen LogP) is 2.50. The monoisotopic (exact) mass is 466 g/mol. The molecule has 1 atom stereocenters. The maximum atomic E-state index is 13.6. The van der Waals surface area contributed by atoms with Gasteiger partial charge in [-0.25, -0.2) is 13.2 Å². The van der Waals surface area contributed by atoms with Gasteiger partial charge < -0.3 is 15.4 Å². The van der Waals surface area contributed by atoms with Gasteiger partial charge in [0.15, 0.2) is 0 Å². The fourth-order valence-corrected chi connectivity index (χ4v) is 3.57. The number of fused-ring (bicyclic) bond motifs is 1. The standard InChI is InChI=1S/C14H19F2N3O2.C9H8FNO.H2/c1-10(14-12(16)8-11(15)9-17-14)18-13(20)2-3-19-4-6-21-7-5-19;10-8-2-1-6-4-9(12)11-5-7(6)3-8;/h8-10H,2-7H2,1H3,(H,18,20);1-3H,4-5H2,(H,11,12);1H/t10-;;/m0../s1. The lowest BCUT2D eigenvalue weighted by atomic mass is 10.0. The summed E-state index contributed by atoms with van der Waals surface area (Å²) in [7, 11) is 0. The van der Waals surface area contributed by atoms with Crippen molar-refractivity contribution < 1.29 is 28.9 Å². The van der Waals surface area contributed by atoms with Gasteiger partial charge in [0.05, 0.1) is 37.6 Å². The van der Waals surface area contributed by atoms with E-state index in [4.69, 9.17) is 4.74 Å². The minimum Gasteiger partial charge on any atom is -0.379 e. The molecule has 1 fully saturated rings. The van der Waals surface area contributed by atoms with Crippen molar-refractivity contribution in [1.82, 2.24) is 20.5 Å². The van der Waals surface area contributed by atoms with Crippen molar-refractivity contribution in [2.75, 3.05) is 32.8 Å². The van der Waals surface area contributed by atoms with Crippen LogP contribution >= 0.6 is 0 Å². The largest absolute Gasteiger partial charge is 0.379 e. The predicted molar refractivity (Wildman–Crippen MR) is 117 cm³/mol. The van der Waals surface area contributed by atoms with Gasteiger partial charge in [-0.15, -0.1) is 0 Å². The van der Waals surface area contributed by atoms with Crippen molar-refractivity contribution in [2.45, 2.75) is 32.4 Å². The number of carbonyl (C=O) groups is 2. The number of ether oxygens (including phenoxy) is 1. The molecule has 33 heavy (non-hydrogen) atoms. The second-order valence-electron chi connectivity index (χ2n) is 7.88. The minimum atomic E-state index is -0.754. The van der Waals surface area contributed by atoms with Crippen LogP contribution in [-0.4, -0.2) is 54.5 Å². The molecule has 0 saturated carbocycles. The van der Waals surface area contributed by atoms with Crippen molar-refractivity contribution >= 4 is 11.8 Å². The normalized spacial score (nSPS) is 16.7. The molecule has 1 saturated heterocycles. The molecule has 2 amide bonds. The summed E-state index contributed by atoms with van der Waals surface area (Å²) in [5.41, 5.74) is 1.85. The summed E-state index contributed by atoms with van der Waals surface area (Å²) < 4.78 is 44.3. The number of nitrogens with zero attached hydrogens (tertiary/aromatic N) is 2. The average molecular weight is 467 g/mol. The zero-order valence-corrected chi connectivity index (χ0v) is 18.4. The summed E-state index contributed by atoms with van der Waals surface area (Å²) in [5, 5.41) is 5.33. The van der Waals surface area contributed by atoms with Crippen LogP contribution in [0.5, 0.6) is 0 Å². The first kappa shape index (κ1) is 24.7. The van der Waals surface area contributed by atoms with E-state index in [1.165, 1.54) is 12.1 Å². The minimum absolute atomic E-state index is 0. The van der Waals surface area contributed by atoms with Crippen LogP contribution in [0.25, 0.3) is 0 Å². The molecule has 10 heteroatoms. The lowest BCUT2D eigenvalue weighted by molar-refractivity contribution is -0.122. The number of hydrogen-bond acceptors (Lipinski definition) is 5. The number of amides is 2. The number of carbonyl (C=O) groups excluding carboxylic acids is 2. The van der Waals surface area contributed by atoms with Crippen molar-refractivity contribution in [3.63, 3.8) is 0 Å². The molecular formula is C23H29F3N4O3. The molecular weight excluding hydrogens is 437 g/mol. The molecule has 0 aliphatic carbocycles. The first-order chi connectivity index (χ1) is 15.8. The van der Waals surface area contributed by atoms with Crippen molar-refractivity contribution in [2.24, 2.45) is 0 Å². The van der Waals surface area contributed by atoms with E-state index in [0.717, 1.165) is 36.5 Å². The SMILES string of the molecule is C[C@H](NC(=O)CCN1CCOCC1)c1ncc(F)cc1F.O=C1Cc2ccc(F)cc2CN1.[HH]. The zero-order valence-electron chi connectivity index (χ0n) is 18.4. The van der Waals surface area contributed by atoms with Crippen molar-refractivity contribution in [3.05, 3.63) is 64.7 Å². The summed E-state index contributed by atoms with van der Waals surface area (Å²) >= 11 is 0. The molecule has 2 aromatic rings. The van der Waals surface area contributed by atoms with E-state index < -0.39 is 17.7 Å². The Morgan fingerprint density at radius 2 is 1.97 bits per heavy atom. The van der Waals surface area contributed by atoms with Gasteiger partial charge in [0, 0.05) is 40.1 Å². The Bertz CT molecular complexity index is 990. The highest BCUT2D eigenvalue weighted by molar-refractivity contribution is 5.80. The summed E-state index contributed by atoms with van der Waals surface area (Å²) in [5.74, 6) is -1.91. The fourth-order valence-electron chi connectivity index (χ4n) is 3.57. The highest BCUT2D eigenvalue weighted by Crippen LogP contribution is 2.16. The maximum Gasteiger partial charge on any atom is 0.224 e. The summed E-state index contributed by atoms with van der Waals surface area (Å²) in [6, 6.07) is 4.69. The lowest BCUT2D eigenvalue weighted by Gasteiger charge is -2.26. The third-order valence-corrected chi connectivity index (χ3v) is 5.38. The van der Waals surface area contributed by atoms with Gasteiger partial charge in [0.25, 0.3) is 0 Å². The lowest BCUT2D eigenvalue weighted by Crippen LogP contribution is -2.39. The van der Waals surface area contributed by atoms with E-state index in [9.17, 15) is 22.8 Å². The average Bonchev–Trinajstić information content (AvgIpc) is 2.79. The Morgan fingerprint density at radius 3 is 2.70 bits per heavy atom. The van der Waals surface area contributed by atoms with Crippen LogP contribution in [0.15, 0.2) is 30.5 Å². The molecule has 2 aliphatic heterocycles. The second kappa shape index (κ2) is 11.8.